The maximum absolute atomic E-state index is 12.1. The zero-order valence-electron chi connectivity index (χ0n) is 11.1. The molecule has 0 radical (unpaired) electrons. The first-order valence-corrected chi connectivity index (χ1v) is 6.51. The monoisotopic (exact) mass is 279 g/mol. The van der Waals surface area contributed by atoms with Crippen molar-refractivity contribution >= 4 is 17.6 Å². The number of aromatic carboxylic acids is 1. The van der Waals surface area contributed by atoms with Crippen molar-refractivity contribution in [3.8, 4) is 5.75 Å². The second-order valence-electron chi connectivity index (χ2n) is 4.74. The molecule has 1 heterocycles. The number of phenolic OH excluding ortho intramolecular Hbond substituents is 1. The number of carbonyl (C=O) groups excluding carboxylic acids is 1. The van der Waals surface area contributed by atoms with E-state index in [1.807, 2.05) is 6.92 Å². The third kappa shape index (κ3) is 2.91. The third-order valence-electron chi connectivity index (χ3n) is 3.45. The van der Waals surface area contributed by atoms with Crippen LogP contribution in [0.1, 0.15) is 30.1 Å². The number of aromatic hydroxyl groups is 1. The molecule has 0 saturated carbocycles. The topological polar surface area (TPSA) is 95.9 Å². The van der Waals surface area contributed by atoms with Crippen molar-refractivity contribution in [1.82, 2.24) is 0 Å². The Morgan fingerprint density at radius 2 is 2.20 bits per heavy atom. The number of ether oxygens (including phenoxy) is 1. The number of phenols is 1. The first-order valence-electron chi connectivity index (χ1n) is 6.51. The number of carboxylic acid groups (broad SMARTS) is 1. The first kappa shape index (κ1) is 14.3. The summed E-state index contributed by atoms with van der Waals surface area (Å²) < 4.78 is 5.45. The summed E-state index contributed by atoms with van der Waals surface area (Å²) in [6, 6.07) is 3.83. The fourth-order valence-corrected chi connectivity index (χ4v) is 2.35. The van der Waals surface area contributed by atoms with Gasteiger partial charge in [-0.1, -0.05) is 6.92 Å². The fraction of sp³-hybridized carbons (Fsp3) is 0.429. The van der Waals surface area contributed by atoms with E-state index in [-0.39, 0.29) is 34.9 Å². The summed E-state index contributed by atoms with van der Waals surface area (Å²) in [5.41, 5.74) is 0.179. The molecule has 20 heavy (non-hydrogen) atoms. The predicted molar refractivity (Wildman–Crippen MR) is 71.8 cm³/mol. The third-order valence-corrected chi connectivity index (χ3v) is 3.45. The minimum atomic E-state index is -1.13. The molecule has 2 rings (SSSR count). The van der Waals surface area contributed by atoms with Gasteiger partial charge in [-0.3, -0.25) is 4.79 Å². The molecule has 1 aromatic carbocycles. The zero-order chi connectivity index (χ0) is 14.7. The molecule has 1 aromatic rings. The Hall–Kier alpha value is -2.08. The fourth-order valence-electron chi connectivity index (χ4n) is 2.35. The summed E-state index contributed by atoms with van der Waals surface area (Å²) in [5.74, 6) is -1.84. The molecule has 2 atom stereocenters. The van der Waals surface area contributed by atoms with Crippen LogP contribution < -0.4 is 5.32 Å². The summed E-state index contributed by atoms with van der Waals surface area (Å²) >= 11 is 0. The molecule has 0 bridgehead atoms. The van der Waals surface area contributed by atoms with E-state index in [1.54, 1.807) is 0 Å². The number of amides is 1. The lowest BCUT2D eigenvalue weighted by Crippen LogP contribution is -2.29. The van der Waals surface area contributed by atoms with Crippen LogP contribution in [0.2, 0.25) is 0 Å². The summed E-state index contributed by atoms with van der Waals surface area (Å²) in [5, 5.41) is 21.2. The molecule has 0 aliphatic carbocycles. The number of anilines is 1. The molecule has 3 N–H and O–H groups in total. The Morgan fingerprint density at radius 3 is 2.80 bits per heavy atom. The summed E-state index contributed by atoms with van der Waals surface area (Å²) in [6.45, 7) is 2.51. The second-order valence-corrected chi connectivity index (χ2v) is 4.74. The van der Waals surface area contributed by atoms with Gasteiger partial charge in [-0.15, -0.1) is 0 Å². The van der Waals surface area contributed by atoms with Gasteiger partial charge in [-0.2, -0.15) is 0 Å². The van der Waals surface area contributed by atoms with Crippen LogP contribution in [0.5, 0.6) is 5.75 Å². The van der Waals surface area contributed by atoms with Crippen LogP contribution in [-0.2, 0) is 9.53 Å². The average Bonchev–Trinajstić information content (AvgIpc) is 2.89. The zero-order valence-corrected chi connectivity index (χ0v) is 11.1. The number of hydrogen-bond acceptors (Lipinski definition) is 4. The molecular formula is C14H17NO5. The predicted octanol–water partition coefficient (Wildman–Crippen LogP) is 1.84. The van der Waals surface area contributed by atoms with E-state index in [1.165, 1.54) is 12.1 Å². The number of carbonyl (C=O) groups is 2. The maximum Gasteiger partial charge on any atom is 0.335 e. The second kappa shape index (κ2) is 5.92. The first-order chi connectivity index (χ1) is 9.52. The number of carboxylic acids is 1. The maximum atomic E-state index is 12.1. The Labute approximate surface area is 116 Å². The van der Waals surface area contributed by atoms with E-state index in [4.69, 9.17) is 9.84 Å². The minimum absolute atomic E-state index is 0.0314. The lowest BCUT2D eigenvalue weighted by Gasteiger charge is -2.17. The Bertz CT molecular complexity index is 528. The molecule has 1 fully saturated rings. The van der Waals surface area contributed by atoms with Gasteiger partial charge in [0, 0.05) is 6.61 Å². The van der Waals surface area contributed by atoms with Crippen LogP contribution in [0.4, 0.5) is 5.69 Å². The molecule has 0 spiro atoms. The van der Waals surface area contributed by atoms with Crippen LogP contribution in [0.3, 0.4) is 0 Å². The van der Waals surface area contributed by atoms with Gasteiger partial charge in [0.1, 0.15) is 5.75 Å². The lowest BCUT2D eigenvalue weighted by molar-refractivity contribution is -0.121. The van der Waals surface area contributed by atoms with Crippen LogP contribution >= 0.6 is 0 Å². The molecule has 0 aromatic heterocycles. The number of benzene rings is 1. The molecule has 1 aliphatic rings. The average molecular weight is 279 g/mol. The Morgan fingerprint density at radius 1 is 1.45 bits per heavy atom. The van der Waals surface area contributed by atoms with Crippen molar-refractivity contribution < 1.29 is 24.5 Å². The van der Waals surface area contributed by atoms with Gasteiger partial charge in [-0.25, -0.2) is 4.79 Å². The molecule has 6 nitrogen and oxygen atoms in total. The summed E-state index contributed by atoms with van der Waals surface area (Å²) in [6.07, 6.45) is 1.30. The largest absolute Gasteiger partial charge is 0.506 e. The highest BCUT2D eigenvalue weighted by atomic mass is 16.5. The lowest BCUT2D eigenvalue weighted by atomic mass is 9.98. The van der Waals surface area contributed by atoms with E-state index in [0.717, 1.165) is 12.5 Å². The molecule has 1 amide bonds. The molecule has 1 saturated heterocycles. The highest BCUT2D eigenvalue weighted by Gasteiger charge is 2.33. The van der Waals surface area contributed by atoms with Gasteiger partial charge in [0.15, 0.2) is 0 Å². The van der Waals surface area contributed by atoms with E-state index in [2.05, 4.69) is 5.32 Å². The van der Waals surface area contributed by atoms with Crippen LogP contribution in [0.25, 0.3) is 0 Å². The Balaban J connectivity index is 2.10. The van der Waals surface area contributed by atoms with Crippen molar-refractivity contribution in [3.05, 3.63) is 23.8 Å². The van der Waals surface area contributed by atoms with Gasteiger partial charge in [0.25, 0.3) is 0 Å². The van der Waals surface area contributed by atoms with Gasteiger partial charge in [0.2, 0.25) is 5.91 Å². The molecular weight excluding hydrogens is 262 g/mol. The van der Waals surface area contributed by atoms with Crippen molar-refractivity contribution in [2.45, 2.75) is 25.9 Å². The highest BCUT2D eigenvalue weighted by Crippen LogP contribution is 2.28. The highest BCUT2D eigenvalue weighted by molar-refractivity contribution is 5.96. The van der Waals surface area contributed by atoms with E-state index >= 15 is 0 Å². The Kier molecular flexibility index (Phi) is 4.24. The van der Waals surface area contributed by atoms with E-state index in [9.17, 15) is 14.7 Å². The van der Waals surface area contributed by atoms with E-state index < -0.39 is 5.97 Å². The molecule has 6 heteroatoms. The van der Waals surface area contributed by atoms with Crippen molar-refractivity contribution in [1.29, 1.82) is 0 Å². The van der Waals surface area contributed by atoms with Crippen molar-refractivity contribution in [2.24, 2.45) is 5.92 Å². The standard InChI is InChI=1S/C14H17NO5/c1-2-12-9(5-6-20-12)13(17)15-10-4-3-8(14(18)19)7-11(10)16/h3-4,7,9,12,16H,2,5-6H2,1H3,(H,15,17)(H,18,19). The van der Waals surface area contributed by atoms with Gasteiger partial charge in [-0.05, 0) is 31.0 Å². The summed E-state index contributed by atoms with van der Waals surface area (Å²) in [4.78, 5) is 22.9. The van der Waals surface area contributed by atoms with Crippen molar-refractivity contribution in [3.63, 3.8) is 0 Å². The molecule has 108 valence electrons. The molecule has 2 unspecified atom stereocenters. The van der Waals surface area contributed by atoms with Gasteiger partial charge in [0.05, 0.1) is 23.3 Å². The molecule has 1 aliphatic heterocycles. The summed E-state index contributed by atoms with van der Waals surface area (Å²) in [7, 11) is 0. The number of hydrogen-bond donors (Lipinski definition) is 3. The normalized spacial score (nSPS) is 21.6. The SMILES string of the molecule is CCC1OCCC1C(=O)Nc1ccc(C(=O)O)cc1O. The quantitative estimate of drug-likeness (QED) is 0.731. The van der Waals surface area contributed by atoms with E-state index in [0.29, 0.717) is 13.0 Å². The minimum Gasteiger partial charge on any atom is -0.506 e. The van der Waals surface area contributed by atoms with Crippen LogP contribution in [0.15, 0.2) is 18.2 Å². The number of nitrogens with one attached hydrogen (secondary N) is 1. The number of rotatable bonds is 4. The van der Waals surface area contributed by atoms with Crippen molar-refractivity contribution in [2.75, 3.05) is 11.9 Å². The van der Waals surface area contributed by atoms with Crippen LogP contribution in [0, 0.1) is 5.92 Å². The smallest absolute Gasteiger partial charge is 0.335 e. The van der Waals surface area contributed by atoms with Crippen LogP contribution in [-0.4, -0.2) is 34.8 Å². The van der Waals surface area contributed by atoms with Gasteiger partial charge < -0.3 is 20.3 Å². The van der Waals surface area contributed by atoms with Gasteiger partial charge >= 0.3 is 5.97 Å².